The minimum absolute atomic E-state index is 0.0852. The van der Waals surface area contributed by atoms with E-state index >= 15 is 0 Å². The normalized spacial score (nSPS) is 14.6. The molecular weight excluding hydrogens is 414 g/mol. The van der Waals surface area contributed by atoms with Crippen LogP contribution in [0.2, 0.25) is 0 Å². The van der Waals surface area contributed by atoms with E-state index in [-0.39, 0.29) is 11.9 Å². The number of nitrogens with zero attached hydrogens (tertiary/aromatic N) is 3. The molecule has 0 saturated carbocycles. The Kier molecular flexibility index (Phi) is 6.10. The zero-order chi connectivity index (χ0) is 21.8. The number of hydrogen-bond acceptors (Lipinski definition) is 4. The van der Waals surface area contributed by atoms with Crippen molar-refractivity contribution in [1.82, 2.24) is 14.8 Å². The van der Waals surface area contributed by atoms with Crippen LogP contribution in [0.3, 0.4) is 0 Å². The van der Waals surface area contributed by atoms with Gasteiger partial charge >= 0.3 is 0 Å². The van der Waals surface area contributed by atoms with Crippen molar-refractivity contribution in [2.75, 3.05) is 26.2 Å². The number of thiazole rings is 1. The van der Waals surface area contributed by atoms with E-state index < -0.39 is 0 Å². The number of carbonyl (C=O) groups is 1. The summed E-state index contributed by atoms with van der Waals surface area (Å²) in [5.41, 5.74) is 6.12. The van der Waals surface area contributed by atoms with Crippen molar-refractivity contribution in [3.05, 3.63) is 113 Å². The summed E-state index contributed by atoms with van der Waals surface area (Å²) < 4.78 is 0. The lowest BCUT2D eigenvalue weighted by molar-refractivity contribution is 0.0602. The van der Waals surface area contributed by atoms with Gasteiger partial charge in [0, 0.05) is 31.7 Å². The Bertz CT molecular complexity index is 1110. The fourth-order valence-corrected chi connectivity index (χ4v) is 5.19. The second-order valence-corrected chi connectivity index (χ2v) is 8.80. The van der Waals surface area contributed by atoms with Gasteiger partial charge in [-0.05, 0) is 11.1 Å². The maximum absolute atomic E-state index is 13.3. The summed E-state index contributed by atoms with van der Waals surface area (Å²) in [6.45, 7) is 3.08. The molecule has 0 spiro atoms. The monoisotopic (exact) mass is 439 g/mol. The molecule has 1 aliphatic rings. The average Bonchev–Trinajstić information content (AvgIpc) is 3.36. The summed E-state index contributed by atoms with van der Waals surface area (Å²) in [5, 5.41) is 0. The van der Waals surface area contributed by atoms with E-state index in [2.05, 4.69) is 70.5 Å². The molecular formula is C27H25N3OS. The molecule has 2 heterocycles. The zero-order valence-electron chi connectivity index (χ0n) is 17.8. The van der Waals surface area contributed by atoms with Crippen LogP contribution in [-0.4, -0.2) is 46.9 Å². The van der Waals surface area contributed by atoms with Gasteiger partial charge in [-0.1, -0.05) is 91.0 Å². The second kappa shape index (κ2) is 9.47. The van der Waals surface area contributed by atoms with E-state index in [9.17, 15) is 4.79 Å². The molecule has 0 aliphatic carbocycles. The highest BCUT2D eigenvalue weighted by Gasteiger charge is 2.30. The molecule has 1 amide bonds. The van der Waals surface area contributed by atoms with Gasteiger partial charge in [0.25, 0.3) is 5.91 Å². The molecule has 160 valence electrons. The number of rotatable bonds is 5. The summed E-state index contributed by atoms with van der Waals surface area (Å²) in [5.74, 6) is 0.0852. The minimum Gasteiger partial charge on any atom is -0.335 e. The summed E-state index contributed by atoms with van der Waals surface area (Å²) in [6, 6.07) is 31.4. The van der Waals surface area contributed by atoms with Gasteiger partial charge in [-0.25, -0.2) is 4.98 Å². The molecule has 1 fully saturated rings. The average molecular weight is 440 g/mol. The van der Waals surface area contributed by atoms with Gasteiger partial charge in [0.05, 0.1) is 17.2 Å². The van der Waals surface area contributed by atoms with Crippen molar-refractivity contribution in [3.63, 3.8) is 0 Å². The Morgan fingerprint density at radius 2 is 1.28 bits per heavy atom. The van der Waals surface area contributed by atoms with E-state index in [1.807, 2.05) is 35.2 Å². The number of aromatic nitrogens is 1. The number of benzene rings is 3. The second-order valence-electron chi connectivity index (χ2n) is 7.95. The van der Waals surface area contributed by atoms with E-state index in [1.54, 1.807) is 5.51 Å². The van der Waals surface area contributed by atoms with Crippen molar-refractivity contribution in [3.8, 4) is 11.3 Å². The topological polar surface area (TPSA) is 36.4 Å². The van der Waals surface area contributed by atoms with Gasteiger partial charge in [-0.15, -0.1) is 11.3 Å². The molecule has 1 aromatic heterocycles. The van der Waals surface area contributed by atoms with Gasteiger partial charge in [-0.3, -0.25) is 9.69 Å². The Balaban J connectivity index is 1.34. The van der Waals surface area contributed by atoms with Crippen LogP contribution in [0.15, 0.2) is 96.5 Å². The first kappa shape index (κ1) is 20.6. The van der Waals surface area contributed by atoms with Crippen molar-refractivity contribution in [2.45, 2.75) is 6.04 Å². The molecule has 32 heavy (non-hydrogen) atoms. The highest BCUT2D eigenvalue weighted by molar-refractivity contribution is 7.12. The molecule has 0 N–H and O–H groups in total. The predicted molar refractivity (Wildman–Crippen MR) is 130 cm³/mol. The lowest BCUT2D eigenvalue weighted by Gasteiger charge is -2.39. The first-order chi connectivity index (χ1) is 15.8. The van der Waals surface area contributed by atoms with Crippen molar-refractivity contribution in [2.24, 2.45) is 0 Å². The van der Waals surface area contributed by atoms with Crippen molar-refractivity contribution in [1.29, 1.82) is 0 Å². The van der Waals surface area contributed by atoms with Crippen LogP contribution in [0, 0.1) is 0 Å². The number of hydrogen-bond donors (Lipinski definition) is 0. The molecule has 0 atom stereocenters. The molecule has 5 rings (SSSR count). The van der Waals surface area contributed by atoms with Crippen LogP contribution in [0.25, 0.3) is 11.3 Å². The minimum atomic E-state index is 0.0852. The summed E-state index contributed by atoms with van der Waals surface area (Å²) in [7, 11) is 0. The zero-order valence-corrected chi connectivity index (χ0v) is 18.6. The standard InChI is InChI=1S/C27H25N3OS/c31-27(26-24(28-20-32-26)21-10-4-1-5-11-21)30-18-16-29(17-19-30)25(22-12-6-2-7-13-22)23-14-8-3-9-15-23/h1-15,20,25H,16-19H2. The fraction of sp³-hybridized carbons (Fsp3) is 0.185. The van der Waals surface area contributed by atoms with Crippen LogP contribution < -0.4 is 0 Å². The van der Waals surface area contributed by atoms with Gasteiger partial charge in [0.1, 0.15) is 4.88 Å². The van der Waals surface area contributed by atoms with E-state index in [0.29, 0.717) is 13.1 Å². The van der Waals surface area contributed by atoms with Crippen LogP contribution in [0.1, 0.15) is 26.8 Å². The van der Waals surface area contributed by atoms with E-state index in [0.717, 1.165) is 29.2 Å². The molecule has 0 bridgehead atoms. The van der Waals surface area contributed by atoms with Crippen molar-refractivity contribution < 1.29 is 4.79 Å². The predicted octanol–water partition coefficient (Wildman–Crippen LogP) is 5.36. The third-order valence-electron chi connectivity index (χ3n) is 6.01. The Hall–Kier alpha value is -3.28. The number of amides is 1. The molecule has 0 radical (unpaired) electrons. The third kappa shape index (κ3) is 4.22. The Morgan fingerprint density at radius 3 is 1.84 bits per heavy atom. The molecule has 1 aliphatic heterocycles. The van der Waals surface area contributed by atoms with Gasteiger partial charge in [0.2, 0.25) is 0 Å². The Morgan fingerprint density at radius 1 is 0.750 bits per heavy atom. The van der Waals surface area contributed by atoms with Crippen LogP contribution in [-0.2, 0) is 0 Å². The molecule has 5 heteroatoms. The molecule has 1 saturated heterocycles. The number of carbonyl (C=O) groups excluding carboxylic acids is 1. The lowest BCUT2D eigenvalue weighted by atomic mass is 9.96. The first-order valence-corrected chi connectivity index (χ1v) is 11.8. The summed E-state index contributed by atoms with van der Waals surface area (Å²) in [6.07, 6.45) is 0. The maximum atomic E-state index is 13.3. The molecule has 0 unspecified atom stereocenters. The third-order valence-corrected chi connectivity index (χ3v) is 6.82. The maximum Gasteiger partial charge on any atom is 0.266 e. The quantitative estimate of drug-likeness (QED) is 0.420. The van der Waals surface area contributed by atoms with Crippen LogP contribution in [0.4, 0.5) is 0 Å². The van der Waals surface area contributed by atoms with E-state index in [4.69, 9.17) is 0 Å². The van der Waals surface area contributed by atoms with Gasteiger partial charge in [0.15, 0.2) is 0 Å². The molecule has 4 aromatic rings. The SMILES string of the molecule is O=C(c1scnc1-c1ccccc1)N1CCN(C(c2ccccc2)c2ccccc2)CC1. The van der Waals surface area contributed by atoms with Gasteiger partial charge < -0.3 is 4.90 Å². The summed E-state index contributed by atoms with van der Waals surface area (Å²) >= 11 is 1.43. The van der Waals surface area contributed by atoms with Crippen LogP contribution in [0.5, 0.6) is 0 Å². The lowest BCUT2D eigenvalue weighted by Crippen LogP contribution is -2.49. The Labute approximate surface area is 192 Å². The van der Waals surface area contributed by atoms with Crippen molar-refractivity contribution >= 4 is 17.2 Å². The number of piperazine rings is 1. The smallest absolute Gasteiger partial charge is 0.266 e. The summed E-state index contributed by atoms with van der Waals surface area (Å²) in [4.78, 5) is 23.0. The highest BCUT2D eigenvalue weighted by atomic mass is 32.1. The first-order valence-electron chi connectivity index (χ1n) is 10.9. The van der Waals surface area contributed by atoms with E-state index in [1.165, 1.54) is 22.5 Å². The molecule has 4 nitrogen and oxygen atoms in total. The largest absolute Gasteiger partial charge is 0.335 e. The fourth-order valence-electron chi connectivity index (χ4n) is 4.41. The molecule has 3 aromatic carbocycles. The van der Waals surface area contributed by atoms with Crippen LogP contribution >= 0.6 is 11.3 Å². The highest BCUT2D eigenvalue weighted by Crippen LogP contribution is 2.31. The van der Waals surface area contributed by atoms with Gasteiger partial charge in [-0.2, -0.15) is 0 Å².